The summed E-state index contributed by atoms with van der Waals surface area (Å²) in [7, 11) is 1.45. The minimum atomic E-state index is -0.560. The molecule has 0 spiro atoms. The number of nitrogens with one attached hydrogen (secondary N) is 2. The standard InChI is InChI=1S/C15H11BrClN3O4S/c1-24-13-5-2-8(16)6-10(13)14(21)19-15(25)18-12-4-3-9(20(22)23)7-11(12)17/h2-7H,1H3,(H2,18,19,21,25). The Morgan fingerprint density at radius 3 is 2.64 bits per heavy atom. The summed E-state index contributed by atoms with van der Waals surface area (Å²) in [6.45, 7) is 0. The molecule has 25 heavy (non-hydrogen) atoms. The van der Waals surface area contributed by atoms with Crippen LogP contribution in [0.15, 0.2) is 40.9 Å². The molecule has 2 aromatic carbocycles. The lowest BCUT2D eigenvalue weighted by Crippen LogP contribution is -2.34. The van der Waals surface area contributed by atoms with Crippen LogP contribution in [-0.4, -0.2) is 23.1 Å². The van der Waals surface area contributed by atoms with Crippen LogP contribution in [0.3, 0.4) is 0 Å². The second kappa shape index (κ2) is 8.24. The number of anilines is 1. The Kier molecular flexibility index (Phi) is 6.29. The quantitative estimate of drug-likeness (QED) is 0.418. The molecule has 0 unspecified atom stereocenters. The van der Waals surface area contributed by atoms with Gasteiger partial charge in [0.1, 0.15) is 5.75 Å². The van der Waals surface area contributed by atoms with Gasteiger partial charge in [0, 0.05) is 16.6 Å². The Hall–Kier alpha value is -2.23. The topological polar surface area (TPSA) is 93.5 Å². The number of rotatable bonds is 4. The lowest BCUT2D eigenvalue weighted by molar-refractivity contribution is -0.384. The molecule has 0 heterocycles. The van der Waals surface area contributed by atoms with E-state index in [1.54, 1.807) is 18.2 Å². The number of halogens is 2. The van der Waals surface area contributed by atoms with Crippen LogP contribution in [0.4, 0.5) is 11.4 Å². The van der Waals surface area contributed by atoms with Gasteiger partial charge in [-0.1, -0.05) is 27.5 Å². The summed E-state index contributed by atoms with van der Waals surface area (Å²) in [5, 5.41) is 16.0. The van der Waals surface area contributed by atoms with Crippen LogP contribution < -0.4 is 15.4 Å². The van der Waals surface area contributed by atoms with E-state index < -0.39 is 10.8 Å². The average Bonchev–Trinajstić information content (AvgIpc) is 2.56. The van der Waals surface area contributed by atoms with Crippen molar-refractivity contribution in [1.29, 1.82) is 0 Å². The zero-order chi connectivity index (χ0) is 18.6. The van der Waals surface area contributed by atoms with Crippen LogP contribution in [0.25, 0.3) is 0 Å². The van der Waals surface area contributed by atoms with Crippen molar-refractivity contribution in [1.82, 2.24) is 5.32 Å². The second-order valence-electron chi connectivity index (χ2n) is 4.67. The number of nitro groups is 1. The van der Waals surface area contributed by atoms with Crippen molar-refractivity contribution in [2.24, 2.45) is 0 Å². The maximum absolute atomic E-state index is 12.3. The normalized spacial score (nSPS) is 10.0. The molecule has 2 rings (SSSR count). The van der Waals surface area contributed by atoms with Gasteiger partial charge in [-0.3, -0.25) is 20.2 Å². The molecule has 1 amide bonds. The number of hydrogen-bond acceptors (Lipinski definition) is 5. The lowest BCUT2D eigenvalue weighted by Gasteiger charge is -2.12. The molecule has 0 saturated carbocycles. The van der Waals surface area contributed by atoms with Gasteiger partial charge < -0.3 is 10.1 Å². The van der Waals surface area contributed by atoms with Gasteiger partial charge in [-0.05, 0) is 36.5 Å². The van der Waals surface area contributed by atoms with Gasteiger partial charge in [0.2, 0.25) is 0 Å². The zero-order valence-electron chi connectivity index (χ0n) is 12.7. The van der Waals surface area contributed by atoms with Gasteiger partial charge >= 0.3 is 0 Å². The molecule has 0 bridgehead atoms. The molecule has 0 saturated heterocycles. The summed E-state index contributed by atoms with van der Waals surface area (Å²) in [5.41, 5.74) is 0.471. The SMILES string of the molecule is COc1ccc(Br)cc1C(=O)NC(=S)Nc1ccc([N+](=O)[O-])cc1Cl. The predicted octanol–water partition coefficient (Wildman–Crippen LogP) is 4.15. The number of amides is 1. The Morgan fingerprint density at radius 1 is 1.32 bits per heavy atom. The molecule has 130 valence electrons. The molecule has 2 N–H and O–H groups in total. The van der Waals surface area contributed by atoms with Gasteiger partial charge in [-0.2, -0.15) is 0 Å². The molecular weight excluding hydrogens is 434 g/mol. The fourth-order valence-corrected chi connectivity index (χ4v) is 2.69. The molecule has 0 aliphatic rings. The fraction of sp³-hybridized carbons (Fsp3) is 0.0667. The van der Waals surface area contributed by atoms with Gasteiger partial charge in [0.05, 0.1) is 28.3 Å². The van der Waals surface area contributed by atoms with E-state index in [9.17, 15) is 14.9 Å². The summed E-state index contributed by atoms with van der Waals surface area (Å²) in [6.07, 6.45) is 0. The van der Waals surface area contributed by atoms with Gasteiger partial charge in [-0.25, -0.2) is 0 Å². The summed E-state index contributed by atoms with van der Waals surface area (Å²) in [4.78, 5) is 22.5. The molecule has 0 aliphatic heterocycles. The van der Waals surface area contributed by atoms with Crippen LogP contribution in [0.5, 0.6) is 5.75 Å². The third-order valence-electron chi connectivity index (χ3n) is 3.04. The van der Waals surface area contributed by atoms with Crippen molar-refractivity contribution >= 4 is 62.1 Å². The average molecular weight is 445 g/mol. The van der Waals surface area contributed by atoms with Crippen molar-refractivity contribution in [3.8, 4) is 5.75 Å². The number of hydrogen-bond donors (Lipinski definition) is 2. The highest BCUT2D eigenvalue weighted by Crippen LogP contribution is 2.27. The van der Waals surface area contributed by atoms with E-state index in [2.05, 4.69) is 26.6 Å². The minimum Gasteiger partial charge on any atom is -0.496 e. The van der Waals surface area contributed by atoms with Crippen LogP contribution in [0, 0.1) is 10.1 Å². The summed E-state index contributed by atoms with van der Waals surface area (Å²) >= 11 is 14.3. The lowest BCUT2D eigenvalue weighted by atomic mass is 10.2. The number of carbonyl (C=O) groups excluding carboxylic acids is 1. The smallest absolute Gasteiger partial charge is 0.271 e. The van der Waals surface area contributed by atoms with Gasteiger partial charge in [-0.15, -0.1) is 0 Å². The van der Waals surface area contributed by atoms with Crippen LogP contribution in [0.1, 0.15) is 10.4 Å². The molecule has 0 atom stereocenters. The Bertz CT molecular complexity index is 863. The number of carbonyl (C=O) groups is 1. The van der Waals surface area contributed by atoms with E-state index in [1.165, 1.54) is 25.3 Å². The summed E-state index contributed by atoms with van der Waals surface area (Å²) < 4.78 is 5.85. The second-order valence-corrected chi connectivity index (χ2v) is 6.41. The zero-order valence-corrected chi connectivity index (χ0v) is 15.9. The maximum Gasteiger partial charge on any atom is 0.271 e. The van der Waals surface area contributed by atoms with E-state index in [4.69, 9.17) is 28.6 Å². The van der Waals surface area contributed by atoms with Crippen molar-refractivity contribution in [3.63, 3.8) is 0 Å². The van der Waals surface area contributed by atoms with Crippen molar-refractivity contribution in [2.45, 2.75) is 0 Å². The minimum absolute atomic E-state index is 0.0113. The van der Waals surface area contributed by atoms with E-state index >= 15 is 0 Å². The van der Waals surface area contributed by atoms with Crippen molar-refractivity contribution < 1.29 is 14.5 Å². The van der Waals surface area contributed by atoms with Crippen molar-refractivity contribution in [3.05, 3.63) is 61.6 Å². The number of thiocarbonyl (C=S) groups is 1. The van der Waals surface area contributed by atoms with Gasteiger partial charge in [0.15, 0.2) is 5.11 Å². The van der Waals surface area contributed by atoms with Crippen molar-refractivity contribution in [2.75, 3.05) is 12.4 Å². The number of non-ortho nitro benzene ring substituents is 1. The first kappa shape index (κ1) is 19.1. The molecule has 2 aromatic rings. The fourth-order valence-electron chi connectivity index (χ4n) is 1.90. The van der Waals surface area contributed by atoms with E-state index in [0.29, 0.717) is 15.9 Å². The van der Waals surface area contributed by atoms with E-state index in [1.807, 2.05) is 0 Å². The monoisotopic (exact) mass is 443 g/mol. The highest BCUT2D eigenvalue weighted by atomic mass is 79.9. The number of nitrogens with zero attached hydrogens (tertiary/aromatic N) is 1. The molecule has 7 nitrogen and oxygen atoms in total. The molecule has 0 fully saturated rings. The van der Waals surface area contributed by atoms with Gasteiger partial charge in [0.25, 0.3) is 11.6 Å². The maximum atomic E-state index is 12.3. The Morgan fingerprint density at radius 2 is 2.04 bits per heavy atom. The first-order valence-corrected chi connectivity index (χ1v) is 8.29. The number of methoxy groups -OCH3 is 1. The van der Waals surface area contributed by atoms with Crippen LogP contribution in [-0.2, 0) is 0 Å². The van der Waals surface area contributed by atoms with Crippen LogP contribution >= 0.6 is 39.7 Å². The molecule has 0 aliphatic carbocycles. The Labute approximate surface area is 161 Å². The first-order valence-electron chi connectivity index (χ1n) is 6.71. The largest absolute Gasteiger partial charge is 0.496 e. The highest BCUT2D eigenvalue weighted by Gasteiger charge is 2.15. The van der Waals surface area contributed by atoms with E-state index in [0.717, 1.165) is 0 Å². The summed E-state index contributed by atoms with van der Waals surface area (Å²) in [6, 6.07) is 8.83. The third-order valence-corrected chi connectivity index (χ3v) is 4.05. The number of nitro benzene ring substituents is 1. The Balaban J connectivity index is 2.11. The molecule has 0 aromatic heterocycles. The predicted molar refractivity (Wildman–Crippen MR) is 102 cm³/mol. The molecule has 0 radical (unpaired) electrons. The molecule has 10 heteroatoms. The number of benzene rings is 2. The third kappa shape index (κ3) is 4.88. The number of ether oxygens (including phenoxy) is 1. The van der Waals surface area contributed by atoms with E-state index in [-0.39, 0.29) is 21.4 Å². The summed E-state index contributed by atoms with van der Waals surface area (Å²) in [5.74, 6) is -0.0921. The highest BCUT2D eigenvalue weighted by molar-refractivity contribution is 9.10. The first-order chi connectivity index (χ1) is 11.8. The molecular formula is C15H11BrClN3O4S. The van der Waals surface area contributed by atoms with Crippen LogP contribution in [0.2, 0.25) is 5.02 Å².